The number of fused-ring (bicyclic) bond motifs is 2. The van der Waals surface area contributed by atoms with Crippen LogP contribution in [-0.2, 0) is 4.79 Å². The maximum Gasteiger partial charge on any atom is 0.251 e. The lowest BCUT2D eigenvalue weighted by atomic mass is 10.1. The number of halogens is 2. The fourth-order valence-electron chi connectivity index (χ4n) is 4.19. The van der Waals surface area contributed by atoms with Gasteiger partial charge in [0.05, 0.1) is 11.4 Å². The average Bonchev–Trinajstić information content (AvgIpc) is 2.95. The molecule has 3 aliphatic rings. The van der Waals surface area contributed by atoms with Gasteiger partial charge < -0.3 is 44.0 Å². The van der Waals surface area contributed by atoms with Crippen LogP contribution in [0, 0.1) is 0 Å². The van der Waals surface area contributed by atoms with Crippen LogP contribution < -0.4 is 29.3 Å². The van der Waals surface area contributed by atoms with Gasteiger partial charge in [-0.15, -0.1) is 0 Å². The summed E-state index contributed by atoms with van der Waals surface area (Å²) in [5.41, 5.74) is 4.66. The minimum absolute atomic E-state index is 0. The number of aliphatic imine (C=N–C) groups is 1. The first-order valence-electron chi connectivity index (χ1n) is 10.4. The van der Waals surface area contributed by atoms with Gasteiger partial charge in [0.15, 0.2) is 0 Å². The quantitative estimate of drug-likeness (QED) is 0.529. The van der Waals surface area contributed by atoms with Crippen molar-refractivity contribution in [1.29, 1.82) is 0 Å². The molecule has 1 saturated heterocycles. The molecule has 3 heterocycles. The third kappa shape index (κ3) is 4.49. The molecule has 2 aromatic carbocycles. The molecular formula is C24H24ClIN5O-. The number of rotatable bonds is 1. The molecule has 0 unspecified atom stereocenters. The zero-order chi connectivity index (χ0) is 21.4. The number of carbonyl (C=O) groups excluding carboxylic acids is 1. The zero-order valence-electron chi connectivity index (χ0n) is 17.8. The SMILES string of the molecule is CN1C=CC=C(C(=O)N2CCN(C3=Nc4cc(Cl)ccc4Nc4ccccc43)CC2)C1.[I-]. The fraction of sp³-hybridized carbons (Fsp3) is 0.250. The molecule has 5 rings (SSSR count). The van der Waals surface area contributed by atoms with Crippen molar-refractivity contribution in [3.63, 3.8) is 0 Å². The fourth-order valence-corrected chi connectivity index (χ4v) is 4.36. The van der Waals surface area contributed by atoms with Gasteiger partial charge in [0.1, 0.15) is 5.84 Å². The molecule has 32 heavy (non-hydrogen) atoms. The average molecular weight is 561 g/mol. The Labute approximate surface area is 210 Å². The van der Waals surface area contributed by atoms with E-state index in [4.69, 9.17) is 16.6 Å². The highest BCUT2D eigenvalue weighted by Gasteiger charge is 2.28. The number of para-hydroxylation sites is 1. The van der Waals surface area contributed by atoms with Crippen LogP contribution in [0.3, 0.4) is 0 Å². The van der Waals surface area contributed by atoms with Crippen molar-refractivity contribution in [3.8, 4) is 0 Å². The van der Waals surface area contributed by atoms with Gasteiger partial charge in [-0.2, -0.15) is 0 Å². The molecule has 0 atom stereocenters. The third-order valence-corrected chi connectivity index (χ3v) is 6.06. The Balaban J connectivity index is 0.00000245. The molecule has 0 spiro atoms. The van der Waals surface area contributed by atoms with Gasteiger partial charge >= 0.3 is 0 Å². The molecule has 166 valence electrons. The summed E-state index contributed by atoms with van der Waals surface area (Å²) in [6.07, 6.45) is 5.83. The maximum absolute atomic E-state index is 13.0. The van der Waals surface area contributed by atoms with E-state index in [0.29, 0.717) is 24.7 Å². The molecule has 1 N–H and O–H groups in total. The summed E-state index contributed by atoms with van der Waals surface area (Å²) in [6, 6.07) is 13.9. The number of piperazine rings is 1. The Morgan fingerprint density at radius 1 is 1.06 bits per heavy atom. The molecule has 0 aromatic heterocycles. The smallest absolute Gasteiger partial charge is 0.251 e. The van der Waals surface area contributed by atoms with Crippen LogP contribution in [0.15, 0.2) is 71.4 Å². The minimum Gasteiger partial charge on any atom is -1.00 e. The number of amidine groups is 1. The Kier molecular flexibility index (Phi) is 6.76. The highest BCUT2D eigenvalue weighted by molar-refractivity contribution is 6.31. The standard InChI is InChI=1S/C24H24ClN5O.HI/c1-28-10-4-5-17(16-28)24(31)30-13-11-29(12-14-30)23-19-6-2-3-7-20(19)26-21-9-8-18(25)15-22(21)27-23;/h2-10,15,26H,11-14,16H2,1H3;1H/p-1. The third-order valence-electron chi connectivity index (χ3n) is 5.82. The summed E-state index contributed by atoms with van der Waals surface area (Å²) in [6.45, 7) is 3.45. The number of allylic oxidation sites excluding steroid dienone is 2. The first-order chi connectivity index (χ1) is 15.1. The van der Waals surface area contributed by atoms with E-state index in [1.807, 2.05) is 65.5 Å². The second kappa shape index (κ2) is 9.54. The summed E-state index contributed by atoms with van der Waals surface area (Å²) in [4.78, 5) is 24.2. The Morgan fingerprint density at radius 2 is 1.84 bits per heavy atom. The van der Waals surface area contributed by atoms with E-state index in [-0.39, 0.29) is 29.9 Å². The van der Waals surface area contributed by atoms with E-state index in [1.165, 1.54) is 0 Å². The number of carbonyl (C=O) groups is 1. The topological polar surface area (TPSA) is 51.2 Å². The first kappa shape index (κ1) is 22.7. The molecule has 0 aliphatic carbocycles. The van der Waals surface area contributed by atoms with E-state index >= 15 is 0 Å². The molecule has 8 heteroatoms. The lowest BCUT2D eigenvalue weighted by Crippen LogP contribution is -3.00. The van der Waals surface area contributed by atoms with Crippen LogP contribution in [0.2, 0.25) is 5.02 Å². The molecule has 6 nitrogen and oxygen atoms in total. The lowest BCUT2D eigenvalue weighted by molar-refractivity contribution is -0.128. The second-order valence-electron chi connectivity index (χ2n) is 8.00. The molecular weight excluding hydrogens is 537 g/mol. The highest BCUT2D eigenvalue weighted by Crippen LogP contribution is 2.36. The Bertz CT molecular complexity index is 1120. The van der Waals surface area contributed by atoms with Crippen molar-refractivity contribution in [1.82, 2.24) is 14.7 Å². The number of hydrogen-bond donors (Lipinski definition) is 1. The minimum atomic E-state index is 0. The van der Waals surface area contributed by atoms with E-state index in [9.17, 15) is 4.79 Å². The Hall–Kier alpha value is -2.52. The molecule has 3 aliphatic heterocycles. The van der Waals surface area contributed by atoms with Gasteiger partial charge in [-0.1, -0.05) is 29.8 Å². The number of nitrogens with zero attached hydrogens (tertiary/aromatic N) is 4. The number of anilines is 2. The summed E-state index contributed by atoms with van der Waals surface area (Å²) in [7, 11) is 1.98. The van der Waals surface area contributed by atoms with E-state index in [2.05, 4.69) is 22.3 Å². The maximum atomic E-state index is 13.0. The molecule has 0 radical (unpaired) electrons. The van der Waals surface area contributed by atoms with Crippen molar-refractivity contribution in [2.45, 2.75) is 0 Å². The predicted molar refractivity (Wildman–Crippen MR) is 125 cm³/mol. The van der Waals surface area contributed by atoms with Crippen LogP contribution in [0.25, 0.3) is 0 Å². The van der Waals surface area contributed by atoms with E-state index in [0.717, 1.165) is 47.1 Å². The van der Waals surface area contributed by atoms with Gasteiger partial charge in [-0.3, -0.25) is 4.79 Å². The van der Waals surface area contributed by atoms with Crippen molar-refractivity contribution in [3.05, 3.63) is 77.0 Å². The van der Waals surface area contributed by atoms with Crippen LogP contribution >= 0.6 is 11.6 Å². The van der Waals surface area contributed by atoms with Crippen molar-refractivity contribution < 1.29 is 28.8 Å². The highest BCUT2D eigenvalue weighted by atomic mass is 127. The second-order valence-corrected chi connectivity index (χ2v) is 8.43. The number of hydrogen-bond acceptors (Lipinski definition) is 5. The van der Waals surface area contributed by atoms with Crippen LogP contribution in [0.5, 0.6) is 0 Å². The monoisotopic (exact) mass is 560 g/mol. The van der Waals surface area contributed by atoms with Crippen molar-refractivity contribution in [2.75, 3.05) is 45.1 Å². The zero-order valence-corrected chi connectivity index (χ0v) is 20.7. The van der Waals surface area contributed by atoms with Crippen LogP contribution in [0.1, 0.15) is 5.56 Å². The summed E-state index contributed by atoms with van der Waals surface area (Å²) < 4.78 is 0. The number of amides is 1. The van der Waals surface area contributed by atoms with Crippen LogP contribution in [-0.4, -0.2) is 66.2 Å². The molecule has 1 fully saturated rings. The molecule has 1 amide bonds. The van der Waals surface area contributed by atoms with Crippen molar-refractivity contribution in [2.24, 2.45) is 4.99 Å². The lowest BCUT2D eigenvalue weighted by Gasteiger charge is -2.37. The van der Waals surface area contributed by atoms with Gasteiger partial charge in [0, 0.05) is 61.6 Å². The summed E-state index contributed by atoms with van der Waals surface area (Å²) in [5.74, 6) is 1.04. The number of likely N-dealkylation sites (N-methyl/N-ethyl adjacent to an activating group) is 1. The molecule has 0 bridgehead atoms. The van der Waals surface area contributed by atoms with Crippen molar-refractivity contribution >= 4 is 40.4 Å². The molecule has 2 aromatic rings. The number of nitrogens with one attached hydrogen (secondary N) is 1. The van der Waals surface area contributed by atoms with Gasteiger partial charge in [-0.25, -0.2) is 4.99 Å². The van der Waals surface area contributed by atoms with E-state index < -0.39 is 0 Å². The summed E-state index contributed by atoms with van der Waals surface area (Å²) >= 11 is 6.24. The summed E-state index contributed by atoms with van der Waals surface area (Å²) in [5, 5.41) is 4.15. The van der Waals surface area contributed by atoms with Gasteiger partial charge in [0.2, 0.25) is 0 Å². The van der Waals surface area contributed by atoms with Crippen LogP contribution in [0.4, 0.5) is 17.1 Å². The first-order valence-corrected chi connectivity index (χ1v) is 10.8. The van der Waals surface area contributed by atoms with E-state index in [1.54, 1.807) is 0 Å². The predicted octanol–water partition coefficient (Wildman–Crippen LogP) is 1.01. The molecule has 0 saturated carbocycles. The normalized spacial score (nSPS) is 17.2. The van der Waals surface area contributed by atoms with Gasteiger partial charge in [-0.05, 0) is 42.6 Å². The Morgan fingerprint density at radius 3 is 2.62 bits per heavy atom. The van der Waals surface area contributed by atoms with Gasteiger partial charge in [0.25, 0.3) is 5.91 Å². The largest absolute Gasteiger partial charge is 1.00 e. The number of benzene rings is 2.